The Hall–Kier alpha value is -4.73. The highest BCUT2D eigenvalue weighted by Crippen LogP contribution is 2.31. The van der Waals surface area contributed by atoms with Gasteiger partial charge >= 0.3 is 18.0 Å². The number of carbonyl (C=O) groups is 3. The Bertz CT molecular complexity index is 1590. The third-order valence-electron chi connectivity index (χ3n) is 7.23. The normalized spacial score (nSPS) is 13.5. The summed E-state index contributed by atoms with van der Waals surface area (Å²) >= 11 is 0. The molecular formula is C32H37FN4O9S. The zero-order valence-corrected chi connectivity index (χ0v) is 26.8. The second-order valence-electron chi connectivity index (χ2n) is 10.8. The molecule has 3 atom stereocenters. The summed E-state index contributed by atoms with van der Waals surface area (Å²) in [6, 6.07) is 16.7. The molecular weight excluding hydrogens is 635 g/mol. The Morgan fingerprint density at radius 3 is 1.91 bits per heavy atom. The number of nitrogens with zero attached hydrogens (tertiary/aromatic N) is 2. The minimum absolute atomic E-state index is 0.112. The summed E-state index contributed by atoms with van der Waals surface area (Å²) < 4.78 is 53.6. The van der Waals surface area contributed by atoms with Crippen LogP contribution in [0.15, 0.2) is 89.8 Å². The van der Waals surface area contributed by atoms with Crippen molar-refractivity contribution in [1.29, 1.82) is 0 Å². The van der Waals surface area contributed by atoms with E-state index < -0.39 is 74.5 Å². The number of nitrogens with two attached hydrogens (primary N) is 1. The zero-order chi connectivity index (χ0) is 34.7. The SMILES string of the molecule is COC(=O)N[C@H](C(=O)OC(=O)[C@H](CC(F)CCN)N(C(C)C)S(=O)(=O)c1ccc([N+](=O)[O-])cc1)C(c1ccccc1)c1ccccc1. The van der Waals surface area contributed by atoms with Crippen molar-refractivity contribution in [1.82, 2.24) is 9.62 Å². The van der Waals surface area contributed by atoms with Crippen molar-refractivity contribution in [3.63, 3.8) is 0 Å². The number of halogens is 1. The summed E-state index contributed by atoms with van der Waals surface area (Å²) in [7, 11) is -3.53. The topological polar surface area (TPSA) is 188 Å². The van der Waals surface area contributed by atoms with Gasteiger partial charge < -0.3 is 20.5 Å². The number of sulfonamides is 1. The number of nitro benzene ring substituents is 1. The van der Waals surface area contributed by atoms with E-state index in [2.05, 4.69) is 5.32 Å². The van der Waals surface area contributed by atoms with E-state index in [1.54, 1.807) is 60.7 Å². The standard InChI is InChI=1S/C32H37FN4O9S/c1-21(2)36(47(43,44)26-16-14-25(15-17-26)37(41)42)27(20-24(33)18-19-34)30(38)46-31(39)29(35-32(40)45-3)28(22-10-6-4-7-11-22)23-12-8-5-9-13-23/h4-17,21,24,27-29H,18-20,34H2,1-3H3,(H,35,40)/t24?,27-,29-/m0/s1. The summed E-state index contributed by atoms with van der Waals surface area (Å²) in [4.78, 5) is 50.2. The number of benzene rings is 3. The molecule has 15 heteroatoms. The van der Waals surface area contributed by atoms with E-state index in [1.807, 2.05) is 0 Å². The molecule has 1 amide bonds. The van der Waals surface area contributed by atoms with E-state index in [0.717, 1.165) is 31.4 Å². The summed E-state index contributed by atoms with van der Waals surface area (Å²) in [5, 5.41) is 13.5. The van der Waals surface area contributed by atoms with Gasteiger partial charge in [-0.2, -0.15) is 4.31 Å². The molecule has 3 rings (SSSR count). The van der Waals surface area contributed by atoms with E-state index in [4.69, 9.17) is 15.2 Å². The van der Waals surface area contributed by atoms with Crippen LogP contribution >= 0.6 is 0 Å². The molecule has 0 aromatic heterocycles. The van der Waals surface area contributed by atoms with Crippen LogP contribution in [0.25, 0.3) is 0 Å². The Labute approximate surface area is 272 Å². The Kier molecular flexibility index (Phi) is 13.1. The largest absolute Gasteiger partial charge is 0.453 e. The molecule has 0 saturated heterocycles. The zero-order valence-electron chi connectivity index (χ0n) is 26.0. The molecule has 13 nitrogen and oxygen atoms in total. The second kappa shape index (κ2) is 16.7. The number of methoxy groups -OCH3 is 1. The van der Waals surface area contributed by atoms with Crippen LogP contribution in [-0.4, -0.2) is 73.6 Å². The molecule has 0 radical (unpaired) electrons. The number of ether oxygens (including phenoxy) is 2. The highest BCUT2D eigenvalue weighted by molar-refractivity contribution is 7.89. The molecule has 252 valence electrons. The van der Waals surface area contributed by atoms with Crippen molar-refractivity contribution in [2.75, 3.05) is 13.7 Å². The number of hydrogen-bond donors (Lipinski definition) is 2. The van der Waals surface area contributed by atoms with E-state index in [0.29, 0.717) is 15.4 Å². The lowest BCUT2D eigenvalue weighted by molar-refractivity contribution is -0.384. The van der Waals surface area contributed by atoms with E-state index in [9.17, 15) is 32.9 Å². The highest BCUT2D eigenvalue weighted by Gasteiger charge is 2.43. The van der Waals surface area contributed by atoms with Crippen molar-refractivity contribution >= 4 is 33.7 Å². The van der Waals surface area contributed by atoms with Crippen LogP contribution in [0, 0.1) is 10.1 Å². The summed E-state index contributed by atoms with van der Waals surface area (Å²) in [5.74, 6) is -3.55. The number of nitro groups is 1. The van der Waals surface area contributed by atoms with Crippen molar-refractivity contribution in [3.05, 3.63) is 106 Å². The van der Waals surface area contributed by atoms with Crippen LogP contribution in [0.1, 0.15) is 43.7 Å². The maximum absolute atomic E-state index is 15.1. The van der Waals surface area contributed by atoms with Crippen molar-refractivity contribution in [2.45, 2.75) is 61.8 Å². The maximum atomic E-state index is 15.1. The van der Waals surface area contributed by atoms with Gasteiger partial charge in [-0.3, -0.25) is 10.1 Å². The van der Waals surface area contributed by atoms with Gasteiger partial charge in [0.1, 0.15) is 18.3 Å². The summed E-state index contributed by atoms with van der Waals surface area (Å²) in [6.07, 6.45) is -3.72. The number of rotatable bonds is 15. The lowest BCUT2D eigenvalue weighted by Gasteiger charge is -2.33. The van der Waals surface area contributed by atoms with Crippen LogP contribution in [0.4, 0.5) is 14.9 Å². The van der Waals surface area contributed by atoms with Gasteiger partial charge in [-0.05, 0) is 50.1 Å². The van der Waals surface area contributed by atoms with E-state index in [1.165, 1.54) is 13.8 Å². The van der Waals surface area contributed by atoms with Gasteiger partial charge in [0.15, 0.2) is 0 Å². The third-order valence-corrected chi connectivity index (χ3v) is 9.33. The predicted molar refractivity (Wildman–Crippen MR) is 169 cm³/mol. The second-order valence-corrected chi connectivity index (χ2v) is 12.6. The lowest BCUT2D eigenvalue weighted by Crippen LogP contribution is -2.52. The van der Waals surface area contributed by atoms with Crippen LogP contribution < -0.4 is 11.1 Å². The van der Waals surface area contributed by atoms with Gasteiger partial charge in [-0.15, -0.1) is 0 Å². The number of non-ortho nitro benzene ring substituents is 1. The molecule has 0 aliphatic rings. The Morgan fingerprint density at radius 2 is 1.47 bits per heavy atom. The number of carbonyl (C=O) groups excluding carboxylic acids is 3. The molecule has 0 saturated carbocycles. The number of hydrogen-bond acceptors (Lipinski definition) is 10. The van der Waals surface area contributed by atoms with E-state index >= 15 is 4.39 Å². The fraction of sp³-hybridized carbons (Fsp3) is 0.344. The summed E-state index contributed by atoms with van der Waals surface area (Å²) in [5.41, 5.74) is 6.27. The maximum Gasteiger partial charge on any atom is 0.407 e. The third kappa shape index (κ3) is 9.40. The van der Waals surface area contributed by atoms with Gasteiger partial charge in [0.25, 0.3) is 5.69 Å². The fourth-order valence-corrected chi connectivity index (χ4v) is 6.89. The molecule has 0 bridgehead atoms. The minimum Gasteiger partial charge on any atom is -0.453 e. The van der Waals surface area contributed by atoms with E-state index in [-0.39, 0.29) is 18.7 Å². The lowest BCUT2D eigenvalue weighted by atomic mass is 9.85. The first-order valence-corrected chi connectivity index (χ1v) is 16.1. The molecule has 0 fully saturated rings. The number of alkyl carbamates (subject to hydrolysis) is 1. The monoisotopic (exact) mass is 672 g/mol. The van der Waals surface area contributed by atoms with Gasteiger partial charge in [-0.1, -0.05) is 60.7 Å². The van der Waals surface area contributed by atoms with Crippen molar-refractivity contribution < 1.29 is 41.6 Å². The van der Waals surface area contributed by atoms with Crippen molar-refractivity contribution in [2.24, 2.45) is 5.73 Å². The van der Waals surface area contributed by atoms with Gasteiger partial charge in [0.2, 0.25) is 10.0 Å². The fourth-order valence-electron chi connectivity index (χ4n) is 5.10. The highest BCUT2D eigenvalue weighted by atomic mass is 32.2. The minimum atomic E-state index is -4.62. The van der Waals surface area contributed by atoms with Crippen LogP contribution in [0.5, 0.6) is 0 Å². The average Bonchev–Trinajstić information content (AvgIpc) is 3.04. The molecule has 0 aliphatic heterocycles. The number of amides is 1. The molecule has 0 heterocycles. The van der Waals surface area contributed by atoms with Crippen LogP contribution in [0.3, 0.4) is 0 Å². The number of nitrogens with one attached hydrogen (secondary N) is 1. The summed E-state index contributed by atoms with van der Waals surface area (Å²) in [6.45, 7) is 2.76. The Balaban J connectivity index is 2.08. The Morgan fingerprint density at radius 1 is 0.936 bits per heavy atom. The first-order chi connectivity index (χ1) is 22.3. The van der Waals surface area contributed by atoms with Gasteiger partial charge in [-0.25, -0.2) is 27.2 Å². The molecule has 1 unspecified atom stereocenters. The quantitative estimate of drug-likeness (QED) is 0.103. The van der Waals surface area contributed by atoms with Gasteiger partial charge in [0, 0.05) is 30.5 Å². The van der Waals surface area contributed by atoms with Crippen LogP contribution in [0.2, 0.25) is 0 Å². The average molecular weight is 673 g/mol. The smallest absolute Gasteiger partial charge is 0.407 e. The van der Waals surface area contributed by atoms with Crippen LogP contribution in [-0.2, 0) is 29.1 Å². The first kappa shape index (κ1) is 36.7. The molecule has 0 aliphatic carbocycles. The number of esters is 2. The molecule has 47 heavy (non-hydrogen) atoms. The number of alkyl halides is 1. The predicted octanol–water partition coefficient (Wildman–Crippen LogP) is 4.07. The van der Waals surface area contributed by atoms with Crippen molar-refractivity contribution in [3.8, 4) is 0 Å². The molecule has 0 spiro atoms. The molecule has 3 N–H and O–H groups in total. The van der Waals surface area contributed by atoms with Gasteiger partial charge in [0.05, 0.1) is 16.9 Å². The first-order valence-electron chi connectivity index (χ1n) is 14.6. The molecule has 3 aromatic rings. The molecule has 3 aromatic carbocycles.